The highest BCUT2D eigenvalue weighted by molar-refractivity contribution is 5.84. The molecule has 1 amide bonds. The molecule has 0 aliphatic carbocycles. The van der Waals surface area contributed by atoms with Crippen molar-refractivity contribution in [2.24, 2.45) is 5.84 Å². The van der Waals surface area contributed by atoms with Gasteiger partial charge in [0.15, 0.2) is 0 Å². The number of hydrogen-bond donors (Lipinski definition) is 4. The van der Waals surface area contributed by atoms with Crippen molar-refractivity contribution < 1.29 is 4.79 Å². The number of hydrazine groups is 1. The minimum Gasteiger partial charge on any atom is -0.358 e. The Labute approximate surface area is 107 Å². The van der Waals surface area contributed by atoms with Crippen LogP contribution in [0.4, 0.5) is 11.8 Å². The number of anilines is 2. The van der Waals surface area contributed by atoms with Crippen molar-refractivity contribution in [3.63, 3.8) is 0 Å². The van der Waals surface area contributed by atoms with Crippen LogP contribution in [-0.2, 0) is 4.79 Å². The van der Waals surface area contributed by atoms with Gasteiger partial charge >= 0.3 is 0 Å². The third kappa shape index (κ3) is 3.85. The smallest absolute Gasteiger partial charge is 0.242 e. The lowest BCUT2D eigenvalue weighted by molar-refractivity contribution is -0.122. The number of hydrogen-bond acceptors (Lipinski definition) is 6. The van der Waals surface area contributed by atoms with Crippen LogP contribution in [0.3, 0.4) is 0 Å². The van der Waals surface area contributed by atoms with E-state index in [-0.39, 0.29) is 18.0 Å². The Bertz CT molecular complexity index is 420. The van der Waals surface area contributed by atoms with Crippen LogP contribution in [0.2, 0.25) is 0 Å². The zero-order chi connectivity index (χ0) is 13.7. The summed E-state index contributed by atoms with van der Waals surface area (Å²) in [6.45, 7) is 7.46. The van der Waals surface area contributed by atoms with Gasteiger partial charge in [0.25, 0.3) is 0 Å². The number of nitrogens with zero attached hydrogens (tertiary/aromatic N) is 2. The lowest BCUT2D eigenvalue weighted by atomic mass is 10.2. The van der Waals surface area contributed by atoms with Gasteiger partial charge in [0.2, 0.25) is 11.9 Å². The first-order chi connectivity index (χ1) is 8.43. The van der Waals surface area contributed by atoms with E-state index in [1.807, 2.05) is 20.8 Å². The minimum atomic E-state index is -0.383. The molecule has 18 heavy (non-hydrogen) atoms. The molecule has 0 aliphatic heterocycles. The number of aryl methyl sites for hydroxylation is 1. The molecule has 5 N–H and O–H groups in total. The summed E-state index contributed by atoms with van der Waals surface area (Å²) in [5, 5.41) is 5.86. The quantitative estimate of drug-likeness (QED) is 0.446. The number of carbonyl (C=O) groups excluding carboxylic acids is 1. The third-order valence-corrected chi connectivity index (χ3v) is 2.28. The highest BCUT2D eigenvalue weighted by Gasteiger charge is 2.15. The molecule has 1 aromatic rings. The van der Waals surface area contributed by atoms with E-state index in [2.05, 4.69) is 26.0 Å². The fourth-order valence-electron chi connectivity index (χ4n) is 1.34. The van der Waals surface area contributed by atoms with Crippen LogP contribution in [0.1, 0.15) is 26.3 Å². The van der Waals surface area contributed by atoms with Crippen molar-refractivity contribution >= 4 is 17.7 Å². The molecule has 0 saturated heterocycles. The van der Waals surface area contributed by atoms with Crippen LogP contribution in [-0.4, -0.2) is 28.0 Å². The summed E-state index contributed by atoms with van der Waals surface area (Å²) in [5.41, 5.74) is 3.21. The summed E-state index contributed by atoms with van der Waals surface area (Å²) in [5.74, 6) is 6.06. The second kappa shape index (κ2) is 6.15. The number of rotatable bonds is 5. The predicted octanol–water partition coefficient (Wildman–Crippen LogP) is 0.396. The zero-order valence-corrected chi connectivity index (χ0v) is 11.1. The fourth-order valence-corrected chi connectivity index (χ4v) is 1.34. The molecule has 1 atom stereocenters. The molecule has 1 unspecified atom stereocenters. The number of aromatic nitrogens is 2. The SMILES string of the molecule is Cc1cnc(NN)nc1NC(C)C(=O)NC(C)C. The van der Waals surface area contributed by atoms with E-state index >= 15 is 0 Å². The molecule has 1 rings (SSSR count). The normalized spacial score (nSPS) is 12.1. The van der Waals surface area contributed by atoms with Crippen LogP contribution in [0.15, 0.2) is 6.20 Å². The summed E-state index contributed by atoms with van der Waals surface area (Å²) in [6.07, 6.45) is 1.64. The van der Waals surface area contributed by atoms with E-state index in [9.17, 15) is 4.79 Å². The molecule has 7 heteroatoms. The molecule has 0 aliphatic rings. The lowest BCUT2D eigenvalue weighted by Gasteiger charge is -2.17. The first-order valence-corrected chi connectivity index (χ1v) is 5.81. The Morgan fingerprint density at radius 2 is 2.06 bits per heavy atom. The van der Waals surface area contributed by atoms with Crippen LogP contribution in [0, 0.1) is 6.92 Å². The first kappa shape index (κ1) is 14.2. The molecule has 7 nitrogen and oxygen atoms in total. The monoisotopic (exact) mass is 252 g/mol. The Morgan fingerprint density at radius 1 is 1.39 bits per heavy atom. The molecule has 1 aromatic heterocycles. The second-order valence-electron chi connectivity index (χ2n) is 4.40. The molecule has 0 spiro atoms. The number of nitrogens with one attached hydrogen (secondary N) is 3. The summed E-state index contributed by atoms with van der Waals surface area (Å²) in [4.78, 5) is 19.9. The standard InChI is InChI=1S/C11H20N6O/c1-6(2)14-10(18)8(4)15-9-7(3)5-13-11(16-9)17-12/h5-6,8H,12H2,1-4H3,(H,14,18)(H2,13,15,16,17). The summed E-state index contributed by atoms with van der Waals surface area (Å²) < 4.78 is 0. The molecule has 0 aromatic carbocycles. The maximum atomic E-state index is 11.8. The first-order valence-electron chi connectivity index (χ1n) is 5.81. The van der Waals surface area contributed by atoms with Crippen molar-refractivity contribution in [3.8, 4) is 0 Å². The van der Waals surface area contributed by atoms with E-state index in [1.54, 1.807) is 13.1 Å². The highest BCUT2D eigenvalue weighted by Crippen LogP contribution is 2.13. The Morgan fingerprint density at radius 3 is 2.61 bits per heavy atom. The van der Waals surface area contributed by atoms with Gasteiger partial charge in [-0.15, -0.1) is 0 Å². The lowest BCUT2D eigenvalue weighted by Crippen LogP contribution is -2.41. The molecule has 0 saturated carbocycles. The Balaban J connectivity index is 2.74. The van der Waals surface area contributed by atoms with Gasteiger partial charge in [-0.1, -0.05) is 0 Å². The van der Waals surface area contributed by atoms with E-state index in [1.165, 1.54) is 0 Å². The van der Waals surface area contributed by atoms with Crippen molar-refractivity contribution in [2.75, 3.05) is 10.7 Å². The summed E-state index contributed by atoms with van der Waals surface area (Å²) >= 11 is 0. The largest absolute Gasteiger partial charge is 0.358 e. The Kier molecular flexibility index (Phi) is 4.85. The summed E-state index contributed by atoms with van der Waals surface area (Å²) in [6, 6.07) is -0.277. The number of nitrogens with two attached hydrogens (primary N) is 1. The molecular formula is C11H20N6O. The van der Waals surface area contributed by atoms with E-state index in [0.717, 1.165) is 5.56 Å². The average Bonchev–Trinajstić information content (AvgIpc) is 2.31. The fraction of sp³-hybridized carbons (Fsp3) is 0.545. The van der Waals surface area contributed by atoms with Gasteiger partial charge in [0, 0.05) is 17.8 Å². The maximum Gasteiger partial charge on any atom is 0.242 e. The van der Waals surface area contributed by atoms with Gasteiger partial charge in [-0.2, -0.15) is 4.98 Å². The Hall–Kier alpha value is -1.89. The minimum absolute atomic E-state index is 0.0785. The van der Waals surface area contributed by atoms with Crippen molar-refractivity contribution in [3.05, 3.63) is 11.8 Å². The predicted molar refractivity (Wildman–Crippen MR) is 70.9 cm³/mol. The van der Waals surface area contributed by atoms with Gasteiger partial charge < -0.3 is 10.6 Å². The number of amides is 1. The molecule has 0 bridgehead atoms. The van der Waals surface area contributed by atoms with Gasteiger partial charge in [-0.3, -0.25) is 10.2 Å². The topological polar surface area (TPSA) is 105 Å². The van der Waals surface area contributed by atoms with Crippen LogP contribution < -0.4 is 21.9 Å². The van der Waals surface area contributed by atoms with Crippen molar-refractivity contribution in [2.45, 2.75) is 39.8 Å². The van der Waals surface area contributed by atoms with Gasteiger partial charge in [-0.25, -0.2) is 10.8 Å². The van der Waals surface area contributed by atoms with Crippen LogP contribution in [0.5, 0.6) is 0 Å². The third-order valence-electron chi connectivity index (χ3n) is 2.28. The molecule has 1 heterocycles. The molecule has 100 valence electrons. The van der Waals surface area contributed by atoms with Gasteiger partial charge in [0.1, 0.15) is 11.9 Å². The van der Waals surface area contributed by atoms with E-state index in [4.69, 9.17) is 5.84 Å². The molecular weight excluding hydrogens is 232 g/mol. The number of carbonyl (C=O) groups is 1. The van der Waals surface area contributed by atoms with Crippen molar-refractivity contribution in [1.82, 2.24) is 15.3 Å². The van der Waals surface area contributed by atoms with Crippen LogP contribution in [0.25, 0.3) is 0 Å². The molecule has 0 fully saturated rings. The van der Waals surface area contributed by atoms with E-state index < -0.39 is 0 Å². The maximum absolute atomic E-state index is 11.8. The van der Waals surface area contributed by atoms with Crippen molar-refractivity contribution in [1.29, 1.82) is 0 Å². The molecule has 0 radical (unpaired) electrons. The summed E-state index contributed by atoms with van der Waals surface area (Å²) in [7, 11) is 0. The van der Waals surface area contributed by atoms with Crippen LogP contribution >= 0.6 is 0 Å². The van der Waals surface area contributed by atoms with E-state index in [0.29, 0.717) is 11.8 Å². The highest BCUT2D eigenvalue weighted by atomic mass is 16.2. The van der Waals surface area contributed by atoms with Gasteiger partial charge in [-0.05, 0) is 27.7 Å². The second-order valence-corrected chi connectivity index (χ2v) is 4.40. The van der Waals surface area contributed by atoms with Gasteiger partial charge in [0.05, 0.1) is 0 Å². The average molecular weight is 252 g/mol. The zero-order valence-electron chi connectivity index (χ0n) is 11.1. The number of nitrogen functional groups attached to an aromatic ring is 1.